The van der Waals surface area contributed by atoms with Gasteiger partial charge in [-0.2, -0.15) is 5.26 Å². The van der Waals surface area contributed by atoms with Gasteiger partial charge in [0.2, 0.25) is 5.95 Å². The second kappa shape index (κ2) is 8.17. The SMILES string of the molecule is Cc1ccc(/C(O)=C(\C#N)c2nnc(N3CCOCC3)n2-c2ccccc2)cc1. The Labute approximate surface area is 169 Å². The standard InChI is InChI=1S/C22H21N5O2/c1-16-7-9-17(10-8-16)20(28)19(15-23)21-24-25-22(26-11-13-29-14-12-26)27(21)18-5-3-2-4-6-18/h2-10,28H,11-14H2,1H3/b20-19-. The van der Waals surface area contributed by atoms with E-state index in [0.717, 1.165) is 11.3 Å². The van der Waals surface area contributed by atoms with Crippen LogP contribution in [0.1, 0.15) is 17.0 Å². The number of nitrogens with zero attached hydrogens (tertiary/aromatic N) is 5. The van der Waals surface area contributed by atoms with Crippen molar-refractivity contribution in [2.75, 3.05) is 31.2 Å². The molecule has 0 bridgehead atoms. The lowest BCUT2D eigenvalue weighted by atomic mass is 10.1. The van der Waals surface area contributed by atoms with Crippen molar-refractivity contribution in [1.82, 2.24) is 14.8 Å². The van der Waals surface area contributed by atoms with E-state index in [2.05, 4.69) is 21.2 Å². The zero-order valence-corrected chi connectivity index (χ0v) is 16.1. The highest BCUT2D eigenvalue weighted by molar-refractivity contribution is 5.92. The van der Waals surface area contributed by atoms with Crippen molar-refractivity contribution in [1.29, 1.82) is 5.26 Å². The average Bonchev–Trinajstić information content (AvgIpc) is 3.21. The zero-order chi connectivity index (χ0) is 20.2. The number of aliphatic hydroxyl groups excluding tert-OH is 1. The molecule has 0 aliphatic carbocycles. The zero-order valence-electron chi connectivity index (χ0n) is 16.1. The summed E-state index contributed by atoms with van der Waals surface area (Å²) < 4.78 is 7.26. The molecule has 1 aliphatic heterocycles. The molecule has 0 saturated carbocycles. The molecule has 0 spiro atoms. The molecule has 1 saturated heterocycles. The van der Waals surface area contributed by atoms with Gasteiger partial charge in [0.1, 0.15) is 17.4 Å². The summed E-state index contributed by atoms with van der Waals surface area (Å²) in [6.07, 6.45) is 0. The Bertz CT molecular complexity index is 1060. The normalized spacial score (nSPS) is 15.0. The largest absolute Gasteiger partial charge is 0.506 e. The smallest absolute Gasteiger partial charge is 0.232 e. The van der Waals surface area contributed by atoms with Gasteiger partial charge >= 0.3 is 0 Å². The highest BCUT2D eigenvalue weighted by atomic mass is 16.5. The summed E-state index contributed by atoms with van der Waals surface area (Å²) in [6.45, 7) is 4.54. The Morgan fingerprint density at radius 1 is 1.03 bits per heavy atom. The van der Waals surface area contributed by atoms with Crippen LogP contribution in [0.2, 0.25) is 0 Å². The van der Waals surface area contributed by atoms with Gasteiger partial charge in [-0.05, 0) is 19.1 Å². The molecule has 146 valence electrons. The molecule has 7 heteroatoms. The van der Waals surface area contributed by atoms with Crippen molar-refractivity contribution in [2.24, 2.45) is 0 Å². The Kier molecular flexibility index (Phi) is 5.27. The molecule has 2 heterocycles. The van der Waals surface area contributed by atoms with Crippen molar-refractivity contribution in [3.63, 3.8) is 0 Å². The predicted octanol–water partition coefficient (Wildman–Crippen LogP) is 3.36. The maximum Gasteiger partial charge on any atom is 0.232 e. The third-order valence-corrected chi connectivity index (χ3v) is 4.85. The molecule has 0 atom stereocenters. The lowest BCUT2D eigenvalue weighted by molar-refractivity contribution is 0.122. The second-order valence-corrected chi connectivity index (χ2v) is 6.80. The first-order valence-corrected chi connectivity index (χ1v) is 9.43. The molecule has 2 aromatic carbocycles. The molecule has 0 unspecified atom stereocenters. The summed E-state index contributed by atoms with van der Waals surface area (Å²) in [6, 6.07) is 19.1. The first kappa shape index (κ1) is 18.7. The van der Waals surface area contributed by atoms with Crippen molar-refractivity contribution < 1.29 is 9.84 Å². The summed E-state index contributed by atoms with van der Waals surface area (Å²) in [5, 5.41) is 29.4. The summed E-state index contributed by atoms with van der Waals surface area (Å²) in [7, 11) is 0. The van der Waals surface area contributed by atoms with Crippen LogP contribution in [-0.4, -0.2) is 46.2 Å². The third kappa shape index (κ3) is 3.71. The fraction of sp³-hybridized carbons (Fsp3) is 0.227. The third-order valence-electron chi connectivity index (χ3n) is 4.85. The van der Waals surface area contributed by atoms with Gasteiger partial charge in [-0.1, -0.05) is 48.0 Å². The van der Waals surface area contributed by atoms with E-state index in [0.29, 0.717) is 43.6 Å². The minimum atomic E-state index is -0.120. The fourth-order valence-electron chi connectivity index (χ4n) is 3.29. The molecule has 1 N–H and O–H groups in total. The second-order valence-electron chi connectivity index (χ2n) is 6.80. The number of nitriles is 1. The van der Waals surface area contributed by atoms with Crippen molar-refractivity contribution in [3.05, 3.63) is 71.5 Å². The summed E-state index contributed by atoms with van der Waals surface area (Å²) in [4.78, 5) is 2.07. The fourth-order valence-corrected chi connectivity index (χ4v) is 3.29. The highest BCUT2D eigenvalue weighted by Gasteiger charge is 2.25. The Morgan fingerprint density at radius 3 is 2.38 bits per heavy atom. The first-order chi connectivity index (χ1) is 14.2. The molecule has 7 nitrogen and oxygen atoms in total. The molecule has 1 aromatic heterocycles. The Balaban J connectivity index is 1.88. The summed E-state index contributed by atoms with van der Waals surface area (Å²) >= 11 is 0. The molecular weight excluding hydrogens is 366 g/mol. The number of allylic oxidation sites excluding steroid dienone is 1. The number of anilines is 1. The quantitative estimate of drug-likeness (QED) is 0.546. The number of para-hydroxylation sites is 1. The van der Waals surface area contributed by atoms with E-state index in [-0.39, 0.29) is 11.3 Å². The van der Waals surface area contributed by atoms with E-state index >= 15 is 0 Å². The molecule has 1 aliphatic rings. The van der Waals surface area contributed by atoms with Crippen LogP contribution in [0.3, 0.4) is 0 Å². The first-order valence-electron chi connectivity index (χ1n) is 9.43. The van der Waals surface area contributed by atoms with Gasteiger partial charge < -0.3 is 14.7 Å². The number of hydrogen-bond acceptors (Lipinski definition) is 6. The van der Waals surface area contributed by atoms with Crippen LogP contribution in [0, 0.1) is 18.3 Å². The van der Waals surface area contributed by atoms with Crippen molar-refractivity contribution in [2.45, 2.75) is 6.92 Å². The summed E-state index contributed by atoms with van der Waals surface area (Å²) in [5.41, 5.74) is 2.52. The van der Waals surface area contributed by atoms with Gasteiger partial charge in [0, 0.05) is 18.7 Å². The van der Waals surface area contributed by atoms with E-state index in [1.807, 2.05) is 54.0 Å². The number of aromatic nitrogens is 3. The number of ether oxygens (including phenoxy) is 1. The Morgan fingerprint density at radius 2 is 1.72 bits per heavy atom. The number of aliphatic hydroxyl groups is 1. The molecule has 4 rings (SSSR count). The van der Waals surface area contributed by atoms with E-state index in [9.17, 15) is 10.4 Å². The molecule has 0 radical (unpaired) electrons. The van der Waals surface area contributed by atoms with E-state index in [4.69, 9.17) is 4.74 Å². The van der Waals surface area contributed by atoms with Crippen LogP contribution in [0.5, 0.6) is 0 Å². The highest BCUT2D eigenvalue weighted by Crippen LogP contribution is 2.29. The molecule has 1 fully saturated rings. The number of benzene rings is 2. The molecule has 3 aromatic rings. The number of morpholine rings is 1. The van der Waals surface area contributed by atoms with Crippen LogP contribution in [-0.2, 0) is 4.74 Å². The van der Waals surface area contributed by atoms with Crippen LogP contribution < -0.4 is 4.90 Å². The Hall–Kier alpha value is -3.63. The van der Waals surface area contributed by atoms with E-state index < -0.39 is 0 Å². The van der Waals surface area contributed by atoms with Gasteiger partial charge in [0.05, 0.1) is 18.9 Å². The maximum absolute atomic E-state index is 10.9. The van der Waals surface area contributed by atoms with Crippen molar-refractivity contribution >= 4 is 17.3 Å². The average molecular weight is 387 g/mol. The van der Waals surface area contributed by atoms with Crippen molar-refractivity contribution in [3.8, 4) is 11.8 Å². The van der Waals surface area contributed by atoms with Gasteiger partial charge in [0.25, 0.3) is 0 Å². The summed E-state index contributed by atoms with van der Waals surface area (Å²) in [5.74, 6) is 0.808. The van der Waals surface area contributed by atoms with Gasteiger partial charge in [0.15, 0.2) is 5.82 Å². The van der Waals surface area contributed by atoms with E-state index in [1.54, 1.807) is 12.1 Å². The van der Waals surface area contributed by atoms with Gasteiger partial charge in [-0.3, -0.25) is 4.57 Å². The number of hydrogen-bond donors (Lipinski definition) is 1. The topological polar surface area (TPSA) is 87.2 Å². The minimum absolute atomic E-state index is 0.0738. The van der Waals surface area contributed by atoms with Crippen LogP contribution in [0.25, 0.3) is 17.0 Å². The maximum atomic E-state index is 10.9. The van der Waals surface area contributed by atoms with Crippen LogP contribution in [0.4, 0.5) is 5.95 Å². The lowest BCUT2D eigenvalue weighted by Gasteiger charge is -2.28. The van der Waals surface area contributed by atoms with Crippen LogP contribution in [0.15, 0.2) is 54.6 Å². The lowest BCUT2D eigenvalue weighted by Crippen LogP contribution is -2.38. The monoisotopic (exact) mass is 387 g/mol. The van der Waals surface area contributed by atoms with Gasteiger partial charge in [-0.25, -0.2) is 0 Å². The number of rotatable bonds is 4. The molecular formula is C22H21N5O2. The number of aryl methyl sites for hydroxylation is 1. The predicted molar refractivity (Wildman–Crippen MR) is 111 cm³/mol. The minimum Gasteiger partial charge on any atom is -0.506 e. The molecule has 0 amide bonds. The molecule has 29 heavy (non-hydrogen) atoms. The van der Waals surface area contributed by atoms with Crippen LogP contribution >= 0.6 is 0 Å². The van der Waals surface area contributed by atoms with Gasteiger partial charge in [-0.15, -0.1) is 10.2 Å². The van der Waals surface area contributed by atoms with E-state index in [1.165, 1.54) is 0 Å².